The van der Waals surface area contributed by atoms with Crippen molar-refractivity contribution in [3.05, 3.63) is 24.5 Å². The first-order chi connectivity index (χ1) is 9.35. The van der Waals surface area contributed by atoms with Crippen LogP contribution in [0, 0.1) is 0 Å². The molecule has 2 aromatic heterocycles. The molecule has 0 bridgehead atoms. The minimum atomic E-state index is 0.547. The standard InChI is InChI=1S/C14H18N4S/c1-2-19-11-4-3-10(9-11)17-13-6-5-12-14(18-13)16-8-7-15-12/h5-8,10-11H,2-4,9H2,1H3,(H,16,17,18). The third-order valence-electron chi connectivity index (χ3n) is 3.47. The molecule has 100 valence electrons. The number of fused-ring (bicyclic) bond motifs is 1. The van der Waals surface area contributed by atoms with Crippen LogP contribution < -0.4 is 5.32 Å². The van der Waals surface area contributed by atoms with Crippen LogP contribution in [0.25, 0.3) is 11.2 Å². The summed E-state index contributed by atoms with van der Waals surface area (Å²) >= 11 is 2.07. The van der Waals surface area contributed by atoms with Crippen LogP contribution in [0.3, 0.4) is 0 Å². The molecule has 1 aliphatic carbocycles. The molecule has 5 heteroatoms. The van der Waals surface area contributed by atoms with Gasteiger partial charge in [0.25, 0.3) is 0 Å². The predicted molar refractivity (Wildman–Crippen MR) is 80.5 cm³/mol. The maximum Gasteiger partial charge on any atom is 0.180 e. The molecular formula is C14H18N4S. The van der Waals surface area contributed by atoms with E-state index < -0.39 is 0 Å². The van der Waals surface area contributed by atoms with Gasteiger partial charge in [-0.1, -0.05) is 6.92 Å². The Balaban J connectivity index is 1.68. The lowest BCUT2D eigenvalue weighted by molar-refractivity contribution is 0.752. The highest BCUT2D eigenvalue weighted by atomic mass is 32.2. The SMILES string of the molecule is CCSC1CCC(Nc2ccc3nccnc3n2)C1. The molecule has 0 spiro atoms. The van der Waals surface area contributed by atoms with Gasteiger partial charge in [-0.05, 0) is 37.1 Å². The van der Waals surface area contributed by atoms with Gasteiger partial charge in [-0.15, -0.1) is 0 Å². The average molecular weight is 274 g/mol. The highest BCUT2D eigenvalue weighted by Gasteiger charge is 2.24. The van der Waals surface area contributed by atoms with E-state index >= 15 is 0 Å². The molecule has 0 aliphatic heterocycles. The molecule has 2 aromatic rings. The fourth-order valence-corrected chi connectivity index (χ4v) is 3.74. The van der Waals surface area contributed by atoms with E-state index in [-0.39, 0.29) is 0 Å². The van der Waals surface area contributed by atoms with Crippen LogP contribution in [0.15, 0.2) is 24.5 Å². The quantitative estimate of drug-likeness (QED) is 0.928. The minimum absolute atomic E-state index is 0.547. The maximum atomic E-state index is 4.52. The van der Waals surface area contributed by atoms with Crippen molar-refractivity contribution in [3.8, 4) is 0 Å². The molecule has 2 unspecified atom stereocenters. The smallest absolute Gasteiger partial charge is 0.180 e. The molecule has 0 radical (unpaired) electrons. The summed E-state index contributed by atoms with van der Waals surface area (Å²) in [5.41, 5.74) is 1.56. The molecule has 1 fully saturated rings. The zero-order valence-corrected chi connectivity index (χ0v) is 11.9. The lowest BCUT2D eigenvalue weighted by Gasteiger charge is -2.13. The molecule has 0 amide bonds. The number of thioether (sulfide) groups is 1. The average Bonchev–Trinajstić information content (AvgIpc) is 2.86. The molecule has 1 saturated carbocycles. The highest BCUT2D eigenvalue weighted by Crippen LogP contribution is 2.31. The number of aromatic nitrogens is 3. The number of rotatable bonds is 4. The van der Waals surface area contributed by atoms with Crippen LogP contribution in [0.2, 0.25) is 0 Å². The van der Waals surface area contributed by atoms with Crippen molar-refractivity contribution in [2.45, 2.75) is 37.5 Å². The Labute approximate surface area is 117 Å². The molecule has 19 heavy (non-hydrogen) atoms. The summed E-state index contributed by atoms with van der Waals surface area (Å²) in [6.07, 6.45) is 7.16. The summed E-state index contributed by atoms with van der Waals surface area (Å²) in [6.45, 7) is 2.23. The van der Waals surface area contributed by atoms with E-state index in [0.29, 0.717) is 11.7 Å². The number of hydrogen-bond donors (Lipinski definition) is 1. The number of nitrogens with one attached hydrogen (secondary N) is 1. The van der Waals surface area contributed by atoms with Crippen LogP contribution >= 0.6 is 11.8 Å². The topological polar surface area (TPSA) is 50.7 Å². The number of pyridine rings is 1. The Morgan fingerprint density at radius 2 is 2.16 bits per heavy atom. The zero-order valence-electron chi connectivity index (χ0n) is 11.0. The first kappa shape index (κ1) is 12.7. The van der Waals surface area contributed by atoms with Gasteiger partial charge in [-0.3, -0.25) is 4.98 Å². The van der Waals surface area contributed by atoms with E-state index in [2.05, 4.69) is 39.0 Å². The fourth-order valence-electron chi connectivity index (χ4n) is 2.60. The Hall–Kier alpha value is -1.36. The van der Waals surface area contributed by atoms with Gasteiger partial charge in [-0.25, -0.2) is 9.97 Å². The first-order valence-corrected chi connectivity index (χ1v) is 7.86. The van der Waals surface area contributed by atoms with E-state index in [1.165, 1.54) is 25.0 Å². The third kappa shape index (κ3) is 2.97. The highest BCUT2D eigenvalue weighted by molar-refractivity contribution is 7.99. The van der Waals surface area contributed by atoms with Crippen molar-refractivity contribution >= 4 is 28.7 Å². The van der Waals surface area contributed by atoms with Gasteiger partial charge < -0.3 is 5.32 Å². The summed E-state index contributed by atoms with van der Waals surface area (Å²) in [5.74, 6) is 2.13. The first-order valence-electron chi connectivity index (χ1n) is 6.81. The molecular weight excluding hydrogens is 256 g/mol. The zero-order chi connectivity index (χ0) is 13.1. The summed E-state index contributed by atoms with van der Waals surface area (Å²) in [5, 5.41) is 4.34. The predicted octanol–water partition coefficient (Wildman–Crippen LogP) is 3.11. The molecule has 3 rings (SSSR count). The Morgan fingerprint density at radius 3 is 3.05 bits per heavy atom. The number of hydrogen-bond acceptors (Lipinski definition) is 5. The second kappa shape index (κ2) is 5.74. The molecule has 1 aliphatic rings. The minimum Gasteiger partial charge on any atom is -0.367 e. The van der Waals surface area contributed by atoms with Gasteiger partial charge >= 0.3 is 0 Å². The van der Waals surface area contributed by atoms with Crippen molar-refractivity contribution < 1.29 is 0 Å². The number of anilines is 1. The lowest BCUT2D eigenvalue weighted by Crippen LogP contribution is -2.17. The molecule has 2 heterocycles. The molecule has 2 atom stereocenters. The number of nitrogens with zero attached hydrogens (tertiary/aromatic N) is 3. The van der Waals surface area contributed by atoms with Crippen LogP contribution in [-0.4, -0.2) is 32.0 Å². The normalized spacial score (nSPS) is 22.8. The van der Waals surface area contributed by atoms with Crippen molar-refractivity contribution in [1.29, 1.82) is 0 Å². The summed E-state index contributed by atoms with van der Waals surface area (Å²) in [7, 11) is 0. The van der Waals surface area contributed by atoms with E-state index in [4.69, 9.17) is 0 Å². The maximum absolute atomic E-state index is 4.52. The van der Waals surface area contributed by atoms with E-state index in [9.17, 15) is 0 Å². The van der Waals surface area contributed by atoms with Crippen LogP contribution in [0.5, 0.6) is 0 Å². The van der Waals surface area contributed by atoms with E-state index in [1.54, 1.807) is 12.4 Å². The molecule has 1 N–H and O–H groups in total. The van der Waals surface area contributed by atoms with Gasteiger partial charge in [0.15, 0.2) is 5.65 Å². The third-order valence-corrected chi connectivity index (χ3v) is 4.70. The summed E-state index contributed by atoms with van der Waals surface area (Å²) in [6, 6.07) is 4.52. The van der Waals surface area contributed by atoms with Crippen LogP contribution in [-0.2, 0) is 0 Å². The van der Waals surface area contributed by atoms with Crippen LogP contribution in [0.4, 0.5) is 5.82 Å². The van der Waals surface area contributed by atoms with Crippen molar-refractivity contribution in [2.75, 3.05) is 11.1 Å². The van der Waals surface area contributed by atoms with Crippen molar-refractivity contribution in [3.63, 3.8) is 0 Å². The summed E-state index contributed by atoms with van der Waals surface area (Å²) in [4.78, 5) is 13.0. The Bertz CT molecular complexity index is 560. The van der Waals surface area contributed by atoms with Crippen molar-refractivity contribution in [1.82, 2.24) is 15.0 Å². The molecule has 4 nitrogen and oxygen atoms in total. The largest absolute Gasteiger partial charge is 0.367 e. The van der Waals surface area contributed by atoms with E-state index in [0.717, 1.165) is 16.6 Å². The molecule has 0 saturated heterocycles. The monoisotopic (exact) mass is 274 g/mol. The van der Waals surface area contributed by atoms with Gasteiger partial charge in [0.05, 0.1) is 0 Å². The second-order valence-electron chi connectivity index (χ2n) is 4.83. The summed E-state index contributed by atoms with van der Waals surface area (Å²) < 4.78 is 0. The van der Waals surface area contributed by atoms with Crippen LogP contribution in [0.1, 0.15) is 26.2 Å². The Kier molecular flexibility index (Phi) is 3.82. The molecule has 0 aromatic carbocycles. The van der Waals surface area contributed by atoms with Gasteiger partial charge in [0.1, 0.15) is 11.3 Å². The lowest BCUT2D eigenvalue weighted by atomic mass is 10.2. The van der Waals surface area contributed by atoms with Gasteiger partial charge in [0, 0.05) is 23.7 Å². The fraction of sp³-hybridized carbons (Fsp3) is 0.500. The van der Waals surface area contributed by atoms with Gasteiger partial charge in [-0.2, -0.15) is 11.8 Å². The van der Waals surface area contributed by atoms with Gasteiger partial charge in [0.2, 0.25) is 0 Å². The Morgan fingerprint density at radius 1 is 1.26 bits per heavy atom. The second-order valence-corrected chi connectivity index (χ2v) is 6.40. The van der Waals surface area contributed by atoms with Crippen molar-refractivity contribution in [2.24, 2.45) is 0 Å². The van der Waals surface area contributed by atoms with E-state index in [1.807, 2.05) is 12.1 Å².